The van der Waals surface area contributed by atoms with Gasteiger partial charge in [0.05, 0.1) is 6.61 Å². The van der Waals surface area contributed by atoms with E-state index >= 15 is 0 Å². The van der Waals surface area contributed by atoms with Gasteiger partial charge < -0.3 is 30.3 Å². The first-order valence-corrected chi connectivity index (χ1v) is 3.56. The average Bonchev–Trinajstić information content (AvgIpc) is 2.14. The predicted octanol–water partition coefficient (Wildman–Crippen LogP) is -3.22. The van der Waals surface area contributed by atoms with Crippen molar-refractivity contribution in [1.29, 1.82) is 0 Å². The first kappa shape index (κ1) is 9.85. The summed E-state index contributed by atoms with van der Waals surface area (Å²) >= 11 is 0. The third-order valence-corrected chi connectivity index (χ3v) is 1.82. The smallest absolute Gasteiger partial charge is 0.183 e. The summed E-state index contributed by atoms with van der Waals surface area (Å²) in [7, 11) is 0. The molecule has 6 heteroatoms. The van der Waals surface area contributed by atoms with Crippen LogP contribution in [0.5, 0.6) is 0 Å². The Kier molecular flexibility index (Phi) is 2.99. The Morgan fingerprint density at radius 2 is 1.42 bits per heavy atom. The topological polar surface area (TPSA) is 110 Å². The molecule has 0 aliphatic carbocycles. The van der Waals surface area contributed by atoms with Crippen molar-refractivity contribution < 1.29 is 30.3 Å². The Labute approximate surface area is 68.6 Å². The van der Waals surface area contributed by atoms with E-state index in [0.29, 0.717) is 0 Å². The molecule has 12 heavy (non-hydrogen) atoms. The van der Waals surface area contributed by atoms with Gasteiger partial charge in [-0.05, 0) is 0 Å². The fourth-order valence-electron chi connectivity index (χ4n) is 0.993. The molecule has 0 saturated carbocycles. The van der Waals surface area contributed by atoms with Crippen molar-refractivity contribution in [1.82, 2.24) is 0 Å². The minimum atomic E-state index is -1.60. The first-order chi connectivity index (χ1) is 5.54. The van der Waals surface area contributed by atoms with Gasteiger partial charge in [0.15, 0.2) is 6.29 Å². The van der Waals surface area contributed by atoms with Crippen molar-refractivity contribution in [2.45, 2.75) is 30.7 Å². The SMILES string of the molecule is O[C@H]1[C@H](O)[C@H](O)CO[C@@H](O)[C@H]1O. The van der Waals surface area contributed by atoms with Gasteiger partial charge in [0.2, 0.25) is 0 Å². The van der Waals surface area contributed by atoms with Crippen molar-refractivity contribution in [3.8, 4) is 0 Å². The second-order valence-corrected chi connectivity index (χ2v) is 2.76. The molecule has 0 aromatic rings. The van der Waals surface area contributed by atoms with Crippen LogP contribution in [0.4, 0.5) is 0 Å². The summed E-state index contributed by atoms with van der Waals surface area (Å²) in [5, 5.41) is 45.1. The van der Waals surface area contributed by atoms with Crippen LogP contribution >= 0.6 is 0 Å². The Morgan fingerprint density at radius 1 is 0.833 bits per heavy atom. The molecule has 5 N–H and O–H groups in total. The molecule has 1 aliphatic rings. The van der Waals surface area contributed by atoms with Crippen molar-refractivity contribution >= 4 is 0 Å². The molecule has 0 spiro atoms. The van der Waals surface area contributed by atoms with Gasteiger partial charge in [0, 0.05) is 0 Å². The van der Waals surface area contributed by atoms with Crippen LogP contribution in [-0.4, -0.2) is 62.8 Å². The van der Waals surface area contributed by atoms with Crippen molar-refractivity contribution in [2.24, 2.45) is 0 Å². The molecule has 0 amide bonds. The van der Waals surface area contributed by atoms with E-state index < -0.39 is 30.7 Å². The highest BCUT2D eigenvalue weighted by Gasteiger charge is 2.38. The largest absolute Gasteiger partial charge is 0.388 e. The summed E-state index contributed by atoms with van der Waals surface area (Å²) in [5.74, 6) is 0. The molecular formula is C6H12O6. The second-order valence-electron chi connectivity index (χ2n) is 2.76. The van der Waals surface area contributed by atoms with Crippen LogP contribution in [-0.2, 0) is 4.74 Å². The van der Waals surface area contributed by atoms with Gasteiger partial charge >= 0.3 is 0 Å². The zero-order valence-electron chi connectivity index (χ0n) is 6.24. The highest BCUT2D eigenvalue weighted by atomic mass is 16.6. The molecule has 1 heterocycles. The van der Waals surface area contributed by atoms with Gasteiger partial charge in [-0.2, -0.15) is 0 Å². The minimum absolute atomic E-state index is 0.323. The summed E-state index contributed by atoms with van der Waals surface area (Å²) in [6.07, 6.45) is -7.58. The zero-order valence-corrected chi connectivity index (χ0v) is 6.24. The molecule has 0 bridgehead atoms. The van der Waals surface area contributed by atoms with Crippen LogP contribution in [0.1, 0.15) is 0 Å². The highest BCUT2D eigenvalue weighted by Crippen LogP contribution is 2.14. The first-order valence-electron chi connectivity index (χ1n) is 3.56. The normalized spacial score (nSPS) is 50.2. The molecule has 6 nitrogen and oxygen atoms in total. The molecule has 0 aromatic carbocycles. The highest BCUT2D eigenvalue weighted by molar-refractivity contribution is 4.85. The predicted molar refractivity (Wildman–Crippen MR) is 36.0 cm³/mol. The van der Waals surface area contributed by atoms with E-state index in [0.717, 1.165) is 0 Å². The lowest BCUT2D eigenvalue weighted by molar-refractivity contribution is -0.181. The van der Waals surface area contributed by atoms with Crippen LogP contribution < -0.4 is 0 Å². The minimum Gasteiger partial charge on any atom is -0.388 e. The number of hydrogen-bond acceptors (Lipinski definition) is 6. The van der Waals surface area contributed by atoms with Crippen molar-refractivity contribution in [3.63, 3.8) is 0 Å². The maximum absolute atomic E-state index is 9.07. The molecule has 72 valence electrons. The van der Waals surface area contributed by atoms with Gasteiger partial charge in [0.1, 0.15) is 24.4 Å². The molecule has 0 aromatic heterocycles. The van der Waals surface area contributed by atoms with Crippen molar-refractivity contribution in [3.05, 3.63) is 0 Å². The lowest BCUT2D eigenvalue weighted by Crippen LogP contribution is -2.46. The van der Waals surface area contributed by atoms with Gasteiger partial charge in [-0.3, -0.25) is 0 Å². The fraction of sp³-hybridized carbons (Fsp3) is 1.00. The quantitative estimate of drug-likeness (QED) is 0.268. The van der Waals surface area contributed by atoms with E-state index in [4.69, 9.17) is 25.5 Å². The molecule has 1 aliphatic heterocycles. The number of hydrogen-bond donors (Lipinski definition) is 5. The van der Waals surface area contributed by atoms with E-state index in [1.54, 1.807) is 0 Å². The van der Waals surface area contributed by atoms with E-state index in [9.17, 15) is 0 Å². The number of aliphatic hydroxyl groups is 5. The molecule has 1 fully saturated rings. The summed E-state index contributed by atoms with van der Waals surface area (Å²) in [5.41, 5.74) is 0. The number of aliphatic hydroxyl groups excluding tert-OH is 5. The van der Waals surface area contributed by atoms with Gasteiger partial charge in [-0.1, -0.05) is 0 Å². The maximum Gasteiger partial charge on any atom is 0.183 e. The fourth-order valence-corrected chi connectivity index (χ4v) is 0.993. The Balaban J connectivity index is 2.68. The summed E-state index contributed by atoms with van der Waals surface area (Å²) in [6, 6.07) is 0. The summed E-state index contributed by atoms with van der Waals surface area (Å²) < 4.78 is 4.50. The molecular weight excluding hydrogens is 168 g/mol. The van der Waals surface area contributed by atoms with Crippen LogP contribution in [0.15, 0.2) is 0 Å². The van der Waals surface area contributed by atoms with Crippen LogP contribution in [0.25, 0.3) is 0 Å². The third-order valence-electron chi connectivity index (χ3n) is 1.82. The summed E-state index contributed by atoms with van der Waals surface area (Å²) in [6.45, 7) is -0.323. The van der Waals surface area contributed by atoms with Crippen LogP contribution in [0, 0.1) is 0 Å². The van der Waals surface area contributed by atoms with E-state index in [1.165, 1.54) is 0 Å². The zero-order chi connectivity index (χ0) is 9.30. The van der Waals surface area contributed by atoms with E-state index in [2.05, 4.69) is 4.74 Å². The maximum atomic E-state index is 9.07. The number of ether oxygens (including phenoxy) is 1. The monoisotopic (exact) mass is 180 g/mol. The van der Waals surface area contributed by atoms with Crippen LogP contribution in [0.2, 0.25) is 0 Å². The molecule has 0 radical (unpaired) electrons. The van der Waals surface area contributed by atoms with Gasteiger partial charge in [0.25, 0.3) is 0 Å². The molecule has 5 atom stereocenters. The van der Waals surface area contributed by atoms with Gasteiger partial charge in [-0.15, -0.1) is 0 Å². The Morgan fingerprint density at radius 3 is 2.00 bits per heavy atom. The second kappa shape index (κ2) is 3.65. The number of rotatable bonds is 0. The standard InChI is InChI=1S/C6H12O6/c7-2-1-12-6(11)5(10)4(9)3(2)8/h2-11H,1H2/t2-,3-,4+,5+,6-/m1/s1. The third kappa shape index (κ3) is 1.74. The lowest BCUT2D eigenvalue weighted by Gasteiger charge is -2.22. The Hall–Kier alpha value is -0.240. The molecule has 1 saturated heterocycles. The van der Waals surface area contributed by atoms with Crippen molar-refractivity contribution in [2.75, 3.05) is 6.61 Å². The van der Waals surface area contributed by atoms with Gasteiger partial charge in [-0.25, -0.2) is 0 Å². The lowest BCUT2D eigenvalue weighted by atomic mass is 10.0. The Bertz CT molecular complexity index is 135. The molecule has 0 unspecified atom stereocenters. The average molecular weight is 180 g/mol. The summed E-state index contributed by atoms with van der Waals surface area (Å²) in [4.78, 5) is 0. The molecule has 1 rings (SSSR count). The van der Waals surface area contributed by atoms with E-state index in [1.807, 2.05) is 0 Å². The van der Waals surface area contributed by atoms with E-state index in [-0.39, 0.29) is 6.61 Å². The van der Waals surface area contributed by atoms with Crippen LogP contribution in [0.3, 0.4) is 0 Å².